The zero-order valence-electron chi connectivity index (χ0n) is 34.7. The Hall–Kier alpha value is -5.52. The van der Waals surface area contributed by atoms with Gasteiger partial charge in [-0.15, -0.1) is 0 Å². The molecular formula is C50H54F6N4O2. The molecule has 328 valence electrons. The Labute approximate surface area is 360 Å². The summed E-state index contributed by atoms with van der Waals surface area (Å²) in [7, 11) is 0. The highest BCUT2D eigenvalue weighted by Crippen LogP contribution is 2.43. The maximum Gasteiger partial charge on any atom is 0.416 e. The Morgan fingerprint density at radius 3 is 1.24 bits per heavy atom. The standard InChI is InChI=1S/2C25H27F3N2O/c2*26-25(27,28)21-11-12-23(30-15-14-19-8-4-5-9-20(19)17-30)22(16-21)29-24(31)13-10-18-6-2-1-3-7-18/h2*1-3,6-7,10-13,16,19-20H,4-5,8-9,14-15,17H2,(H,29,31)/t2*19-,20-/m00/s1. The number of amides is 2. The molecule has 2 heterocycles. The number of nitrogens with one attached hydrogen (secondary N) is 2. The molecule has 0 aromatic heterocycles. The van der Waals surface area contributed by atoms with Gasteiger partial charge in [-0.3, -0.25) is 9.59 Å². The molecule has 2 saturated carbocycles. The van der Waals surface area contributed by atoms with Gasteiger partial charge in [0, 0.05) is 38.3 Å². The van der Waals surface area contributed by atoms with E-state index in [1.807, 2.05) is 60.7 Å². The molecule has 4 aromatic rings. The van der Waals surface area contributed by atoms with Crippen molar-refractivity contribution in [2.75, 3.05) is 46.6 Å². The Kier molecular flexibility index (Phi) is 14.4. The molecule has 62 heavy (non-hydrogen) atoms. The summed E-state index contributed by atoms with van der Waals surface area (Å²) in [5, 5.41) is 5.39. The van der Waals surface area contributed by atoms with Gasteiger partial charge in [0.1, 0.15) is 0 Å². The summed E-state index contributed by atoms with van der Waals surface area (Å²) in [4.78, 5) is 29.3. The SMILES string of the molecule is O=C(C=Cc1ccccc1)Nc1cc(C(F)(F)F)ccc1N1CC[C@@H]2CCCC[C@H]2C1.O=C(C=Cc1ccccc1)Nc1cc(C(F)(F)F)ccc1N1CC[C@@H]2CCCC[C@H]2C1. The van der Waals surface area contributed by atoms with Crippen molar-refractivity contribution >= 4 is 46.7 Å². The molecule has 0 spiro atoms. The van der Waals surface area contributed by atoms with Crippen LogP contribution in [0.15, 0.2) is 109 Å². The van der Waals surface area contributed by atoms with Gasteiger partial charge in [0.05, 0.1) is 33.9 Å². The molecule has 4 fully saturated rings. The second-order valence-electron chi connectivity index (χ2n) is 17.0. The minimum atomic E-state index is -4.46. The lowest BCUT2D eigenvalue weighted by Crippen LogP contribution is -2.42. The van der Waals surface area contributed by atoms with Crippen LogP contribution in [0.2, 0.25) is 0 Å². The van der Waals surface area contributed by atoms with Crippen LogP contribution in [0, 0.1) is 23.7 Å². The van der Waals surface area contributed by atoms with Crippen molar-refractivity contribution < 1.29 is 35.9 Å². The fourth-order valence-electron chi connectivity index (χ4n) is 9.64. The van der Waals surface area contributed by atoms with Gasteiger partial charge in [0.15, 0.2) is 0 Å². The predicted molar refractivity (Wildman–Crippen MR) is 236 cm³/mol. The average Bonchev–Trinajstić information content (AvgIpc) is 3.27. The van der Waals surface area contributed by atoms with Crippen LogP contribution in [0.5, 0.6) is 0 Å². The van der Waals surface area contributed by atoms with Crippen molar-refractivity contribution in [2.24, 2.45) is 23.7 Å². The normalized spacial score (nSPS) is 21.7. The number of alkyl halides is 6. The van der Waals surface area contributed by atoms with E-state index in [0.29, 0.717) is 35.0 Å². The molecule has 8 rings (SSSR count). The Morgan fingerprint density at radius 2 is 0.871 bits per heavy atom. The lowest BCUT2D eigenvalue weighted by atomic mass is 9.75. The zero-order chi connectivity index (χ0) is 43.7. The third-order valence-electron chi connectivity index (χ3n) is 12.9. The molecule has 0 bridgehead atoms. The quantitative estimate of drug-likeness (QED) is 0.137. The molecule has 12 heteroatoms. The topological polar surface area (TPSA) is 64.7 Å². The molecule has 4 atom stereocenters. The van der Waals surface area contributed by atoms with Gasteiger partial charge >= 0.3 is 12.4 Å². The van der Waals surface area contributed by atoms with Gasteiger partial charge in [0.2, 0.25) is 11.8 Å². The molecule has 2 aliphatic heterocycles. The highest BCUT2D eigenvalue weighted by atomic mass is 19.4. The van der Waals surface area contributed by atoms with E-state index < -0.39 is 35.3 Å². The second kappa shape index (κ2) is 20.1. The number of hydrogen-bond acceptors (Lipinski definition) is 4. The Morgan fingerprint density at radius 1 is 0.500 bits per heavy atom. The smallest absolute Gasteiger partial charge is 0.370 e. The van der Waals surface area contributed by atoms with E-state index in [1.54, 1.807) is 12.2 Å². The molecule has 0 radical (unpaired) electrons. The van der Waals surface area contributed by atoms with Crippen molar-refractivity contribution in [3.8, 4) is 0 Å². The molecule has 2 N–H and O–H groups in total. The third kappa shape index (κ3) is 11.9. The lowest BCUT2D eigenvalue weighted by Gasteiger charge is -2.42. The highest BCUT2D eigenvalue weighted by molar-refractivity contribution is 6.04. The van der Waals surface area contributed by atoms with Crippen molar-refractivity contribution in [2.45, 2.75) is 76.6 Å². The second-order valence-corrected chi connectivity index (χ2v) is 17.0. The summed E-state index contributed by atoms with van der Waals surface area (Å²) in [5.41, 5.74) is 1.94. The number of rotatable bonds is 8. The number of halogens is 6. The molecule has 0 unspecified atom stereocenters. The van der Waals surface area contributed by atoms with Gasteiger partial charge in [0.25, 0.3) is 0 Å². The van der Waals surface area contributed by atoms with Crippen molar-refractivity contribution in [3.05, 3.63) is 131 Å². The van der Waals surface area contributed by atoms with E-state index in [-0.39, 0.29) is 11.4 Å². The Bertz CT molecular complexity index is 2030. The van der Waals surface area contributed by atoms with Gasteiger partial charge in [-0.2, -0.15) is 26.3 Å². The van der Waals surface area contributed by atoms with Gasteiger partial charge in [-0.1, -0.05) is 99.2 Å². The first-order valence-corrected chi connectivity index (χ1v) is 21.8. The van der Waals surface area contributed by atoms with Gasteiger partial charge < -0.3 is 20.4 Å². The molecule has 6 nitrogen and oxygen atoms in total. The monoisotopic (exact) mass is 856 g/mol. The first-order chi connectivity index (χ1) is 29.8. The van der Waals surface area contributed by atoms with E-state index in [1.165, 1.54) is 75.7 Å². The average molecular weight is 857 g/mol. The largest absolute Gasteiger partial charge is 0.416 e. The molecule has 2 saturated heterocycles. The number of hydrogen-bond donors (Lipinski definition) is 2. The summed E-state index contributed by atoms with van der Waals surface area (Å²) in [6, 6.07) is 25.9. The minimum Gasteiger partial charge on any atom is -0.370 e. The number of carbonyl (C=O) groups is 2. The number of piperidine rings is 2. The van der Waals surface area contributed by atoms with Crippen LogP contribution in [-0.4, -0.2) is 38.0 Å². The van der Waals surface area contributed by atoms with Crippen LogP contribution in [0.25, 0.3) is 12.2 Å². The number of benzene rings is 4. The van der Waals surface area contributed by atoms with Gasteiger partial charge in [-0.25, -0.2) is 0 Å². The number of carbonyl (C=O) groups excluding carboxylic acids is 2. The minimum absolute atomic E-state index is 0.215. The maximum atomic E-state index is 13.3. The molecule has 4 aliphatic rings. The van der Waals surface area contributed by atoms with Crippen molar-refractivity contribution in [1.82, 2.24) is 0 Å². The van der Waals surface area contributed by atoms with E-state index in [0.717, 1.165) is 74.4 Å². The van der Waals surface area contributed by atoms with Gasteiger partial charge in [-0.05, 0) is 109 Å². The van der Waals surface area contributed by atoms with Crippen molar-refractivity contribution in [1.29, 1.82) is 0 Å². The summed E-state index contributed by atoms with van der Waals surface area (Å²) < 4.78 is 80.0. The van der Waals surface area contributed by atoms with E-state index in [9.17, 15) is 35.9 Å². The van der Waals surface area contributed by atoms with Crippen LogP contribution < -0.4 is 20.4 Å². The van der Waals surface area contributed by atoms with Crippen LogP contribution in [0.3, 0.4) is 0 Å². The van der Waals surface area contributed by atoms with Crippen LogP contribution in [-0.2, 0) is 21.9 Å². The highest BCUT2D eigenvalue weighted by Gasteiger charge is 2.36. The fraction of sp³-hybridized carbons (Fsp3) is 0.400. The fourth-order valence-corrected chi connectivity index (χ4v) is 9.64. The van der Waals surface area contributed by atoms with Crippen LogP contribution in [0.4, 0.5) is 49.1 Å². The van der Waals surface area contributed by atoms with E-state index in [2.05, 4.69) is 20.4 Å². The molecule has 2 aliphatic carbocycles. The Balaban J connectivity index is 0.000000186. The zero-order valence-corrected chi connectivity index (χ0v) is 34.7. The first-order valence-electron chi connectivity index (χ1n) is 21.8. The number of fused-ring (bicyclic) bond motifs is 2. The predicted octanol–water partition coefficient (Wildman–Crippen LogP) is 12.7. The third-order valence-corrected chi connectivity index (χ3v) is 12.9. The number of nitrogens with zero attached hydrogens (tertiary/aromatic N) is 2. The summed E-state index contributed by atoms with van der Waals surface area (Å²) in [6.45, 7) is 3.27. The van der Waals surface area contributed by atoms with E-state index in [4.69, 9.17) is 0 Å². The summed E-state index contributed by atoms with van der Waals surface area (Å²) in [6.07, 6.45) is 9.00. The molecule has 4 aromatic carbocycles. The summed E-state index contributed by atoms with van der Waals surface area (Å²) >= 11 is 0. The maximum absolute atomic E-state index is 13.3. The summed E-state index contributed by atoms with van der Waals surface area (Å²) in [5.74, 6) is 1.68. The van der Waals surface area contributed by atoms with Crippen LogP contribution in [0.1, 0.15) is 86.5 Å². The van der Waals surface area contributed by atoms with E-state index >= 15 is 0 Å². The van der Waals surface area contributed by atoms with Crippen molar-refractivity contribution in [3.63, 3.8) is 0 Å². The first kappa shape index (κ1) is 44.5. The molecular weight excluding hydrogens is 803 g/mol. The number of anilines is 4. The van der Waals surface area contributed by atoms with Crippen LogP contribution >= 0.6 is 0 Å². The molecule has 2 amide bonds. The lowest BCUT2D eigenvalue weighted by molar-refractivity contribution is -0.138.